The molecule has 0 aliphatic rings. The maximum Gasteiger partial charge on any atom is 2.00 e. The number of aromatic nitrogens is 5. The Hall–Kier alpha value is -6.23. The third kappa shape index (κ3) is 6.33. The second-order valence-corrected chi connectivity index (χ2v) is 16.1. The number of hydrogen-bond acceptors (Lipinski definition) is 3. The van der Waals surface area contributed by atoms with E-state index in [1.165, 1.54) is 38.5 Å². The Balaban J connectivity index is 0.00000436. The smallest absolute Gasteiger partial charge is 0.509 e. The standard InChI is InChI=1S/C51H41N5O.Pt/c1-32-25-33(2)50(34(3)26-32)44-22-24-54(53-44)37-15-12-16-38(28-37)57-39-19-20-41-43-30-47-42(40-17-10-11-18-45(40)55(47)36-13-8-7-9-14-36)31-48(43)56(46(41)29-39)49-27-35(21-23-52-49)51(4,5)6;/h7-27,30-31H,1-6H3;/q-2;+2. The molecule has 0 amide bonds. The fourth-order valence-electron chi connectivity index (χ4n) is 8.47. The largest absolute Gasteiger partial charge is 2.00 e. The van der Waals surface area contributed by atoms with Crippen molar-refractivity contribution < 1.29 is 25.8 Å². The SMILES string of the molecule is Cc1cc(C)c(-c2ccn(-c3[c-]c(Oc4[c-]c5c(cc4)c4cc6c(cc4n5-c4cc(C(C)(C)C)ccn4)c4ccccc4n6-c4ccccc4)ccc3)n2)c(C)c1.[Pt+2]. The van der Waals surface area contributed by atoms with Gasteiger partial charge in [0.25, 0.3) is 0 Å². The van der Waals surface area contributed by atoms with Gasteiger partial charge in [0.2, 0.25) is 0 Å². The van der Waals surface area contributed by atoms with Crippen molar-refractivity contribution in [3.63, 3.8) is 0 Å². The van der Waals surface area contributed by atoms with Crippen molar-refractivity contribution >= 4 is 43.6 Å². The van der Waals surface area contributed by atoms with E-state index < -0.39 is 0 Å². The minimum atomic E-state index is -0.0568. The van der Waals surface area contributed by atoms with Gasteiger partial charge < -0.3 is 13.9 Å². The van der Waals surface area contributed by atoms with E-state index in [4.69, 9.17) is 14.8 Å². The molecule has 6 aromatic carbocycles. The Morgan fingerprint density at radius 1 is 0.603 bits per heavy atom. The van der Waals surface area contributed by atoms with E-state index in [0.29, 0.717) is 11.5 Å². The Morgan fingerprint density at radius 3 is 2.09 bits per heavy atom. The van der Waals surface area contributed by atoms with E-state index >= 15 is 0 Å². The molecule has 0 aliphatic carbocycles. The van der Waals surface area contributed by atoms with E-state index in [9.17, 15) is 0 Å². The number of benzene rings is 6. The van der Waals surface area contributed by atoms with E-state index in [1.807, 2.05) is 41.3 Å². The molecule has 58 heavy (non-hydrogen) atoms. The van der Waals surface area contributed by atoms with Crippen LogP contribution in [0.3, 0.4) is 0 Å². The minimum absolute atomic E-state index is 0. The molecule has 0 spiro atoms. The van der Waals surface area contributed by atoms with Gasteiger partial charge in [-0.05, 0) is 102 Å². The molecule has 10 aromatic rings. The van der Waals surface area contributed by atoms with Gasteiger partial charge in [-0.2, -0.15) is 17.2 Å². The number of hydrogen-bond donors (Lipinski definition) is 0. The maximum absolute atomic E-state index is 6.56. The van der Waals surface area contributed by atoms with Gasteiger partial charge in [-0.1, -0.05) is 80.4 Å². The fraction of sp³-hybridized carbons (Fsp3) is 0.137. The van der Waals surface area contributed by atoms with Gasteiger partial charge in [-0.25, -0.2) is 4.98 Å². The van der Waals surface area contributed by atoms with Crippen LogP contribution in [-0.2, 0) is 26.5 Å². The fourth-order valence-corrected chi connectivity index (χ4v) is 8.47. The molecule has 0 saturated carbocycles. The molecule has 4 heterocycles. The molecule has 0 saturated heterocycles. The van der Waals surface area contributed by atoms with Gasteiger partial charge in [0.1, 0.15) is 5.82 Å². The van der Waals surface area contributed by atoms with Gasteiger partial charge in [0.15, 0.2) is 0 Å². The van der Waals surface area contributed by atoms with Crippen LogP contribution in [0.25, 0.3) is 72.1 Å². The predicted octanol–water partition coefficient (Wildman–Crippen LogP) is 12.7. The number of ether oxygens (including phenoxy) is 1. The zero-order valence-corrected chi connectivity index (χ0v) is 35.5. The molecule has 0 atom stereocenters. The molecule has 286 valence electrons. The van der Waals surface area contributed by atoms with Crippen LogP contribution in [0.2, 0.25) is 0 Å². The first-order chi connectivity index (χ1) is 27.6. The van der Waals surface area contributed by atoms with Gasteiger partial charge >= 0.3 is 21.1 Å². The number of fused-ring (bicyclic) bond motifs is 6. The molecule has 0 N–H and O–H groups in total. The molecule has 0 bridgehead atoms. The van der Waals surface area contributed by atoms with Crippen LogP contribution in [0.5, 0.6) is 11.5 Å². The molecule has 0 radical (unpaired) electrons. The topological polar surface area (TPSA) is 49.8 Å². The van der Waals surface area contributed by atoms with Crippen molar-refractivity contribution in [1.82, 2.24) is 23.9 Å². The maximum atomic E-state index is 6.56. The van der Waals surface area contributed by atoms with Gasteiger partial charge in [0.05, 0.1) is 16.7 Å². The summed E-state index contributed by atoms with van der Waals surface area (Å²) in [5.41, 5.74) is 13.1. The summed E-state index contributed by atoms with van der Waals surface area (Å²) in [5.74, 6) is 2.00. The van der Waals surface area contributed by atoms with Crippen molar-refractivity contribution in [2.45, 2.75) is 47.0 Å². The summed E-state index contributed by atoms with van der Waals surface area (Å²) < 4.78 is 13.0. The van der Waals surface area contributed by atoms with Crippen LogP contribution in [0.15, 0.2) is 140 Å². The van der Waals surface area contributed by atoms with E-state index in [2.05, 4.69) is 166 Å². The van der Waals surface area contributed by atoms with Gasteiger partial charge in [0, 0.05) is 51.4 Å². The van der Waals surface area contributed by atoms with Crippen molar-refractivity contribution in [3.05, 3.63) is 174 Å². The first-order valence-electron chi connectivity index (χ1n) is 19.4. The summed E-state index contributed by atoms with van der Waals surface area (Å²) in [7, 11) is 0. The van der Waals surface area contributed by atoms with Gasteiger partial charge in [-0.15, -0.1) is 35.7 Å². The summed E-state index contributed by atoms with van der Waals surface area (Å²) in [4.78, 5) is 4.97. The summed E-state index contributed by atoms with van der Waals surface area (Å²) >= 11 is 0. The van der Waals surface area contributed by atoms with Crippen LogP contribution in [0.1, 0.15) is 43.0 Å². The minimum Gasteiger partial charge on any atom is -0.509 e. The molecule has 0 unspecified atom stereocenters. The molecular weight excluding hydrogens is 894 g/mol. The summed E-state index contributed by atoms with van der Waals surface area (Å²) in [6.45, 7) is 13.1. The Bertz CT molecular complexity index is 3160. The number of rotatable bonds is 6. The van der Waals surface area contributed by atoms with E-state index in [-0.39, 0.29) is 26.5 Å². The Morgan fingerprint density at radius 2 is 1.31 bits per heavy atom. The number of para-hydroxylation sites is 2. The van der Waals surface area contributed by atoms with Crippen LogP contribution in [-0.4, -0.2) is 23.9 Å². The van der Waals surface area contributed by atoms with Crippen molar-refractivity contribution in [2.24, 2.45) is 0 Å². The average molecular weight is 935 g/mol. The van der Waals surface area contributed by atoms with Gasteiger partial charge in [-0.3, -0.25) is 4.68 Å². The van der Waals surface area contributed by atoms with Crippen LogP contribution in [0, 0.1) is 32.9 Å². The molecule has 4 aromatic heterocycles. The van der Waals surface area contributed by atoms with Crippen molar-refractivity contribution in [2.75, 3.05) is 0 Å². The molecule has 10 rings (SSSR count). The molecule has 6 nitrogen and oxygen atoms in total. The Kier molecular flexibility index (Phi) is 9.21. The van der Waals surface area contributed by atoms with Crippen LogP contribution in [0.4, 0.5) is 0 Å². The number of nitrogens with zero attached hydrogens (tertiary/aromatic N) is 5. The Labute approximate surface area is 352 Å². The number of aryl methyl sites for hydroxylation is 3. The molecular formula is C51H41N5OPt. The second-order valence-electron chi connectivity index (χ2n) is 16.1. The van der Waals surface area contributed by atoms with Crippen LogP contribution >= 0.6 is 0 Å². The predicted molar refractivity (Wildman–Crippen MR) is 233 cm³/mol. The third-order valence-electron chi connectivity index (χ3n) is 11.0. The quantitative estimate of drug-likeness (QED) is 0.156. The van der Waals surface area contributed by atoms with E-state index in [0.717, 1.165) is 55.8 Å². The molecule has 7 heteroatoms. The summed E-state index contributed by atoms with van der Waals surface area (Å²) in [5, 5.41) is 9.51. The zero-order chi connectivity index (χ0) is 39.0. The third-order valence-corrected chi connectivity index (χ3v) is 11.0. The van der Waals surface area contributed by atoms with Crippen LogP contribution < -0.4 is 4.74 Å². The average Bonchev–Trinajstić information content (AvgIpc) is 3.89. The monoisotopic (exact) mass is 934 g/mol. The zero-order valence-electron chi connectivity index (χ0n) is 33.2. The van der Waals surface area contributed by atoms with E-state index in [1.54, 1.807) is 0 Å². The van der Waals surface area contributed by atoms with Crippen molar-refractivity contribution in [1.29, 1.82) is 0 Å². The second kappa shape index (κ2) is 14.3. The summed E-state index contributed by atoms with van der Waals surface area (Å²) in [6.07, 6.45) is 3.89. The number of pyridine rings is 1. The first-order valence-corrected chi connectivity index (χ1v) is 19.4. The molecule has 0 fully saturated rings. The summed E-state index contributed by atoms with van der Waals surface area (Å²) in [6, 6.07) is 51.8. The normalized spacial score (nSPS) is 11.8. The first kappa shape index (κ1) is 37.4. The van der Waals surface area contributed by atoms with Crippen molar-refractivity contribution in [3.8, 4) is 39.9 Å². The molecule has 0 aliphatic heterocycles.